The Bertz CT molecular complexity index is 647. The number of anilines is 1. The van der Waals surface area contributed by atoms with Crippen molar-refractivity contribution in [3.8, 4) is 0 Å². The molecule has 8 heteroatoms. The van der Waals surface area contributed by atoms with Gasteiger partial charge in [-0.2, -0.15) is 0 Å². The van der Waals surface area contributed by atoms with Crippen LogP contribution in [0.2, 0.25) is 0 Å². The molecular formula is C13H14F2N4OS. The van der Waals surface area contributed by atoms with E-state index in [0.717, 1.165) is 18.2 Å². The summed E-state index contributed by atoms with van der Waals surface area (Å²) in [5.74, 6) is -1.73. The predicted molar refractivity (Wildman–Crippen MR) is 76.0 cm³/mol. The third kappa shape index (κ3) is 3.78. The van der Waals surface area contributed by atoms with Gasteiger partial charge in [0.15, 0.2) is 5.16 Å². The van der Waals surface area contributed by atoms with Crippen LogP contribution in [0, 0.1) is 11.6 Å². The molecule has 2 aromatic rings. The summed E-state index contributed by atoms with van der Waals surface area (Å²) in [5, 5.41) is 10.1. The molecule has 1 amide bonds. The number of aryl methyl sites for hydroxylation is 1. The van der Waals surface area contributed by atoms with Crippen molar-refractivity contribution in [1.29, 1.82) is 0 Å². The lowest BCUT2D eigenvalue weighted by Crippen LogP contribution is -2.23. The van der Waals surface area contributed by atoms with Gasteiger partial charge in [-0.25, -0.2) is 8.78 Å². The zero-order valence-electron chi connectivity index (χ0n) is 11.5. The third-order valence-corrected chi connectivity index (χ3v) is 3.85. The number of thioether (sulfide) groups is 1. The second-order valence-corrected chi connectivity index (χ2v) is 5.58. The number of rotatable bonds is 5. The Hall–Kier alpha value is -1.96. The molecule has 0 spiro atoms. The van der Waals surface area contributed by atoms with Gasteiger partial charge in [0.25, 0.3) is 0 Å². The van der Waals surface area contributed by atoms with Crippen molar-refractivity contribution in [3.05, 3.63) is 36.2 Å². The lowest BCUT2D eigenvalue weighted by molar-refractivity contribution is -0.115. The standard InChI is InChI=1S/C13H14F2N4OS/c1-3-19-7-16-18-13(19)21-8(2)12(20)17-11-6-9(14)4-5-10(11)15/h4-8H,3H2,1-2H3,(H,17,20)/t8-/m0/s1. The number of hydrogen-bond donors (Lipinski definition) is 1. The second kappa shape index (κ2) is 6.66. The summed E-state index contributed by atoms with van der Waals surface area (Å²) in [6.45, 7) is 4.27. The fraction of sp³-hybridized carbons (Fsp3) is 0.308. The first-order valence-corrected chi connectivity index (χ1v) is 7.19. The van der Waals surface area contributed by atoms with Crippen molar-refractivity contribution >= 4 is 23.4 Å². The molecule has 1 N–H and O–H groups in total. The molecule has 1 aromatic carbocycles. The van der Waals surface area contributed by atoms with Crippen LogP contribution in [0.15, 0.2) is 29.7 Å². The highest BCUT2D eigenvalue weighted by Gasteiger charge is 2.19. The number of carbonyl (C=O) groups is 1. The summed E-state index contributed by atoms with van der Waals surface area (Å²) in [4.78, 5) is 12.0. The fourth-order valence-corrected chi connectivity index (χ4v) is 2.48. The van der Waals surface area contributed by atoms with Crippen LogP contribution in [0.1, 0.15) is 13.8 Å². The molecule has 0 bridgehead atoms. The quantitative estimate of drug-likeness (QED) is 0.862. The first-order valence-electron chi connectivity index (χ1n) is 6.31. The monoisotopic (exact) mass is 312 g/mol. The molecule has 0 aliphatic rings. The van der Waals surface area contributed by atoms with Crippen LogP contribution in [0.4, 0.5) is 14.5 Å². The summed E-state index contributed by atoms with van der Waals surface area (Å²) < 4.78 is 28.3. The van der Waals surface area contributed by atoms with Gasteiger partial charge < -0.3 is 9.88 Å². The van der Waals surface area contributed by atoms with Gasteiger partial charge in [0.2, 0.25) is 5.91 Å². The Morgan fingerprint density at radius 3 is 2.95 bits per heavy atom. The minimum atomic E-state index is -0.682. The number of nitrogens with zero attached hydrogens (tertiary/aromatic N) is 3. The summed E-state index contributed by atoms with van der Waals surface area (Å²) in [7, 11) is 0. The zero-order chi connectivity index (χ0) is 15.4. The van der Waals surface area contributed by atoms with Crippen molar-refractivity contribution in [1.82, 2.24) is 14.8 Å². The molecule has 0 radical (unpaired) electrons. The van der Waals surface area contributed by atoms with Crippen LogP contribution >= 0.6 is 11.8 Å². The van der Waals surface area contributed by atoms with E-state index in [1.54, 1.807) is 17.8 Å². The first kappa shape index (κ1) is 15.4. The summed E-state index contributed by atoms with van der Waals surface area (Å²) in [6.07, 6.45) is 1.57. The molecule has 112 valence electrons. The molecule has 0 fully saturated rings. The molecule has 1 aromatic heterocycles. The highest BCUT2D eigenvalue weighted by Crippen LogP contribution is 2.23. The SMILES string of the molecule is CCn1cnnc1S[C@@H](C)C(=O)Nc1cc(F)ccc1F. The number of amides is 1. The van der Waals surface area contributed by atoms with Gasteiger partial charge >= 0.3 is 0 Å². The van der Waals surface area contributed by atoms with E-state index in [1.165, 1.54) is 11.8 Å². The Morgan fingerprint density at radius 1 is 1.48 bits per heavy atom. The molecule has 1 atom stereocenters. The van der Waals surface area contributed by atoms with Crippen LogP contribution in [-0.4, -0.2) is 25.9 Å². The van der Waals surface area contributed by atoms with E-state index in [1.807, 2.05) is 6.92 Å². The number of carbonyl (C=O) groups excluding carboxylic acids is 1. The summed E-state index contributed by atoms with van der Waals surface area (Å²) in [6, 6.07) is 2.91. The van der Waals surface area contributed by atoms with E-state index in [0.29, 0.717) is 11.7 Å². The van der Waals surface area contributed by atoms with Crippen molar-refractivity contribution < 1.29 is 13.6 Å². The molecule has 21 heavy (non-hydrogen) atoms. The zero-order valence-corrected chi connectivity index (χ0v) is 12.3. The van der Waals surface area contributed by atoms with E-state index < -0.39 is 22.8 Å². The molecule has 1 heterocycles. The van der Waals surface area contributed by atoms with Gasteiger partial charge in [0, 0.05) is 12.6 Å². The average Bonchev–Trinajstić information content (AvgIpc) is 2.90. The highest BCUT2D eigenvalue weighted by molar-refractivity contribution is 8.00. The summed E-state index contributed by atoms with van der Waals surface area (Å²) >= 11 is 1.20. The maximum Gasteiger partial charge on any atom is 0.237 e. The third-order valence-electron chi connectivity index (χ3n) is 2.76. The molecule has 2 rings (SSSR count). The van der Waals surface area contributed by atoms with Gasteiger partial charge in [0.1, 0.15) is 18.0 Å². The topological polar surface area (TPSA) is 59.8 Å². The molecule has 0 aliphatic heterocycles. The van der Waals surface area contributed by atoms with Gasteiger partial charge in [-0.05, 0) is 26.0 Å². The fourth-order valence-electron chi connectivity index (χ4n) is 1.59. The minimum Gasteiger partial charge on any atom is -0.323 e. The number of benzene rings is 1. The van der Waals surface area contributed by atoms with Crippen LogP contribution in [0.5, 0.6) is 0 Å². The van der Waals surface area contributed by atoms with Crippen LogP contribution in [0.3, 0.4) is 0 Å². The first-order chi connectivity index (χ1) is 10.0. The second-order valence-electron chi connectivity index (χ2n) is 4.27. The molecule has 0 unspecified atom stereocenters. The van der Waals surface area contributed by atoms with Gasteiger partial charge in [-0.15, -0.1) is 10.2 Å². The Labute approximate surface area is 124 Å². The van der Waals surface area contributed by atoms with E-state index in [2.05, 4.69) is 15.5 Å². The molecule has 0 saturated heterocycles. The number of halogens is 2. The summed E-state index contributed by atoms with van der Waals surface area (Å²) in [5.41, 5.74) is -0.176. The van der Waals surface area contributed by atoms with Crippen molar-refractivity contribution in [2.45, 2.75) is 30.8 Å². The Kier molecular flexibility index (Phi) is 4.89. The van der Waals surface area contributed by atoms with Gasteiger partial charge in [-0.1, -0.05) is 11.8 Å². The largest absolute Gasteiger partial charge is 0.323 e. The van der Waals surface area contributed by atoms with Crippen LogP contribution in [-0.2, 0) is 11.3 Å². The van der Waals surface area contributed by atoms with E-state index in [9.17, 15) is 13.6 Å². The lowest BCUT2D eigenvalue weighted by Gasteiger charge is -2.12. The van der Waals surface area contributed by atoms with Crippen molar-refractivity contribution in [2.24, 2.45) is 0 Å². The smallest absolute Gasteiger partial charge is 0.237 e. The van der Waals surface area contributed by atoms with E-state index in [4.69, 9.17) is 0 Å². The molecule has 0 saturated carbocycles. The normalized spacial score (nSPS) is 12.2. The average molecular weight is 312 g/mol. The van der Waals surface area contributed by atoms with E-state index >= 15 is 0 Å². The lowest BCUT2D eigenvalue weighted by atomic mass is 10.3. The maximum atomic E-state index is 13.5. The molecule has 5 nitrogen and oxygen atoms in total. The van der Waals surface area contributed by atoms with Gasteiger partial charge in [0.05, 0.1) is 10.9 Å². The predicted octanol–water partition coefficient (Wildman–Crippen LogP) is 2.70. The van der Waals surface area contributed by atoms with Crippen molar-refractivity contribution in [2.75, 3.05) is 5.32 Å². The van der Waals surface area contributed by atoms with E-state index in [-0.39, 0.29) is 5.69 Å². The molecular weight excluding hydrogens is 298 g/mol. The Balaban J connectivity index is 2.04. The minimum absolute atomic E-state index is 0.176. The number of nitrogens with one attached hydrogen (secondary N) is 1. The highest BCUT2D eigenvalue weighted by atomic mass is 32.2. The van der Waals surface area contributed by atoms with Crippen LogP contribution in [0.25, 0.3) is 0 Å². The van der Waals surface area contributed by atoms with Crippen LogP contribution < -0.4 is 5.32 Å². The maximum absolute atomic E-state index is 13.5. The number of aromatic nitrogens is 3. The van der Waals surface area contributed by atoms with Gasteiger partial charge in [-0.3, -0.25) is 4.79 Å². The Morgan fingerprint density at radius 2 is 2.24 bits per heavy atom. The molecule has 0 aliphatic carbocycles. The number of hydrogen-bond acceptors (Lipinski definition) is 4. The van der Waals surface area contributed by atoms with Crippen molar-refractivity contribution in [3.63, 3.8) is 0 Å².